The largest absolute Gasteiger partial charge is 0.506 e. The van der Waals surface area contributed by atoms with Gasteiger partial charge in [-0.3, -0.25) is 19.6 Å². The van der Waals surface area contributed by atoms with E-state index in [1.807, 2.05) is 41.8 Å². The zero-order valence-corrected chi connectivity index (χ0v) is 21.5. The Hall–Kier alpha value is -2.94. The lowest BCUT2D eigenvalue weighted by atomic mass is 10.1. The number of Topliss-reactive ketones (excluding diaryl/α,β-unsaturated/α-hetero) is 2. The number of aromatic hydroxyl groups is 1. The van der Waals surface area contributed by atoms with Crippen LogP contribution in [0.1, 0.15) is 43.8 Å². The molecule has 0 fully saturated rings. The first-order valence-corrected chi connectivity index (χ1v) is 13.0. The molecular formula is C26H21BrN2O3S2. The predicted octanol–water partition coefficient (Wildman–Crippen LogP) is 6.85. The van der Waals surface area contributed by atoms with Gasteiger partial charge in [0.05, 0.1) is 14.6 Å². The number of halogens is 1. The van der Waals surface area contributed by atoms with Crippen LogP contribution in [-0.4, -0.2) is 33.9 Å². The second kappa shape index (κ2) is 11.0. The number of aliphatic imine (C=N–C) groups is 1. The maximum Gasteiger partial charge on any atom is 0.194 e. The summed E-state index contributed by atoms with van der Waals surface area (Å²) in [5.74, 6) is 0.0313. The molecule has 34 heavy (non-hydrogen) atoms. The number of carbonyl (C=O) groups is 2. The predicted molar refractivity (Wildman–Crippen MR) is 142 cm³/mol. The molecule has 0 radical (unpaired) electrons. The monoisotopic (exact) mass is 552 g/mol. The van der Waals surface area contributed by atoms with Crippen LogP contribution in [0.25, 0.3) is 10.4 Å². The lowest BCUT2D eigenvalue weighted by Crippen LogP contribution is -2.04. The maximum absolute atomic E-state index is 12.7. The molecule has 4 rings (SSSR count). The van der Waals surface area contributed by atoms with Crippen molar-refractivity contribution in [3.8, 4) is 16.2 Å². The lowest BCUT2D eigenvalue weighted by molar-refractivity contribution is 0.0984. The summed E-state index contributed by atoms with van der Waals surface area (Å²) < 4.78 is 0.968. The van der Waals surface area contributed by atoms with Crippen LogP contribution in [0.4, 0.5) is 0 Å². The lowest BCUT2D eigenvalue weighted by Gasteiger charge is -2.02. The van der Waals surface area contributed by atoms with Gasteiger partial charge < -0.3 is 5.11 Å². The molecule has 3 heterocycles. The van der Waals surface area contributed by atoms with Gasteiger partial charge in [0.15, 0.2) is 11.6 Å². The standard InChI is InChI=1S/C26H21BrN2O3S2/c1-16(20-15-33-26(25(20)32)18-3-5-19(27)6-4-18)29-14-22(31)24-9-8-23(34-24)21(30)7-2-17-10-12-28-13-11-17/h3-6,8-13,15,32H,2,7,14H2,1H3. The van der Waals surface area contributed by atoms with Crippen molar-refractivity contribution in [1.82, 2.24) is 4.98 Å². The molecule has 0 amide bonds. The quantitative estimate of drug-likeness (QED) is 0.182. The molecule has 8 heteroatoms. The number of aromatic nitrogens is 1. The summed E-state index contributed by atoms with van der Waals surface area (Å²) >= 11 is 6.05. The molecule has 0 saturated heterocycles. The second-order valence-electron chi connectivity index (χ2n) is 7.60. The molecule has 5 nitrogen and oxygen atoms in total. The molecule has 0 aliphatic rings. The zero-order valence-electron chi connectivity index (χ0n) is 18.3. The van der Waals surface area contributed by atoms with Crippen molar-refractivity contribution in [3.05, 3.63) is 91.7 Å². The van der Waals surface area contributed by atoms with Gasteiger partial charge in [0.25, 0.3) is 0 Å². The van der Waals surface area contributed by atoms with Crippen molar-refractivity contribution in [2.75, 3.05) is 6.54 Å². The third-order valence-corrected chi connectivity index (χ3v) is 7.98. The van der Waals surface area contributed by atoms with Gasteiger partial charge in [0.1, 0.15) is 12.3 Å². The molecule has 0 bridgehead atoms. The summed E-state index contributed by atoms with van der Waals surface area (Å²) in [6.45, 7) is 1.74. The summed E-state index contributed by atoms with van der Waals surface area (Å²) in [5, 5.41) is 12.5. The Morgan fingerprint density at radius 3 is 2.38 bits per heavy atom. The van der Waals surface area contributed by atoms with E-state index in [1.165, 1.54) is 22.7 Å². The van der Waals surface area contributed by atoms with Crippen LogP contribution >= 0.6 is 38.6 Å². The first-order chi connectivity index (χ1) is 16.4. The fourth-order valence-electron chi connectivity index (χ4n) is 3.34. The van der Waals surface area contributed by atoms with E-state index in [2.05, 4.69) is 25.9 Å². The number of carbonyl (C=O) groups excluding carboxylic acids is 2. The van der Waals surface area contributed by atoms with Crippen LogP contribution in [0.5, 0.6) is 5.75 Å². The van der Waals surface area contributed by atoms with Crippen LogP contribution < -0.4 is 0 Å². The molecule has 0 aliphatic heterocycles. The molecule has 0 saturated carbocycles. The van der Waals surface area contributed by atoms with Gasteiger partial charge in [-0.25, -0.2) is 0 Å². The van der Waals surface area contributed by atoms with Crippen molar-refractivity contribution >= 4 is 55.9 Å². The highest BCUT2D eigenvalue weighted by atomic mass is 79.9. The molecule has 1 aromatic carbocycles. The van der Waals surface area contributed by atoms with E-state index in [-0.39, 0.29) is 23.9 Å². The molecule has 4 aromatic rings. The summed E-state index contributed by atoms with van der Waals surface area (Å²) in [6, 6.07) is 14.9. The number of rotatable bonds is 9. The Balaban J connectivity index is 1.39. The summed E-state index contributed by atoms with van der Waals surface area (Å²) in [7, 11) is 0. The topological polar surface area (TPSA) is 79.6 Å². The third-order valence-electron chi connectivity index (χ3n) is 5.27. The smallest absolute Gasteiger partial charge is 0.194 e. The maximum atomic E-state index is 12.7. The number of benzene rings is 1. The van der Waals surface area contributed by atoms with Gasteiger partial charge in [0.2, 0.25) is 0 Å². The van der Waals surface area contributed by atoms with Gasteiger partial charge >= 0.3 is 0 Å². The van der Waals surface area contributed by atoms with E-state index in [9.17, 15) is 14.7 Å². The first-order valence-electron chi connectivity index (χ1n) is 10.6. The summed E-state index contributed by atoms with van der Waals surface area (Å²) in [6.07, 6.45) is 4.44. The van der Waals surface area contributed by atoms with Crippen molar-refractivity contribution in [1.29, 1.82) is 0 Å². The Morgan fingerprint density at radius 2 is 1.68 bits per heavy atom. The molecule has 1 N–H and O–H groups in total. The number of ketones is 2. The average molecular weight is 554 g/mol. The minimum atomic E-state index is -0.152. The van der Waals surface area contributed by atoms with E-state index in [4.69, 9.17) is 0 Å². The highest BCUT2D eigenvalue weighted by Gasteiger charge is 2.16. The highest BCUT2D eigenvalue weighted by Crippen LogP contribution is 2.39. The molecule has 0 atom stereocenters. The molecule has 172 valence electrons. The molecule has 3 aromatic heterocycles. The van der Waals surface area contributed by atoms with Crippen LogP contribution in [0, 0.1) is 0 Å². The highest BCUT2D eigenvalue weighted by molar-refractivity contribution is 9.10. The zero-order chi connectivity index (χ0) is 24.1. The van der Waals surface area contributed by atoms with Crippen LogP contribution in [0.2, 0.25) is 0 Å². The normalized spacial score (nSPS) is 11.5. The van der Waals surface area contributed by atoms with Gasteiger partial charge in [-0.05, 0) is 60.9 Å². The van der Waals surface area contributed by atoms with E-state index < -0.39 is 0 Å². The molecular weight excluding hydrogens is 532 g/mol. The fourth-order valence-corrected chi connectivity index (χ4v) is 5.52. The van der Waals surface area contributed by atoms with E-state index in [1.54, 1.807) is 31.5 Å². The summed E-state index contributed by atoms with van der Waals surface area (Å²) in [5.41, 5.74) is 3.19. The van der Waals surface area contributed by atoms with Gasteiger partial charge in [-0.15, -0.1) is 22.7 Å². The van der Waals surface area contributed by atoms with Gasteiger partial charge in [0, 0.05) is 39.9 Å². The Kier molecular flexibility index (Phi) is 7.82. The number of nitrogens with zero attached hydrogens (tertiary/aromatic N) is 2. The molecule has 0 aliphatic carbocycles. The van der Waals surface area contributed by atoms with Crippen LogP contribution in [0.3, 0.4) is 0 Å². The number of hydrogen-bond acceptors (Lipinski definition) is 7. The number of aryl methyl sites for hydroxylation is 1. The second-order valence-corrected chi connectivity index (χ2v) is 10.5. The average Bonchev–Trinajstić information content (AvgIpc) is 3.49. The number of thiophene rings is 2. The van der Waals surface area contributed by atoms with Crippen molar-refractivity contribution < 1.29 is 14.7 Å². The minimum absolute atomic E-state index is 0.0178. The van der Waals surface area contributed by atoms with Crippen molar-refractivity contribution in [3.63, 3.8) is 0 Å². The first kappa shape index (κ1) is 24.2. The Morgan fingerprint density at radius 1 is 1.00 bits per heavy atom. The molecule has 0 unspecified atom stereocenters. The van der Waals surface area contributed by atoms with E-state index in [0.29, 0.717) is 33.9 Å². The van der Waals surface area contributed by atoms with Gasteiger partial charge in [-0.2, -0.15) is 0 Å². The van der Waals surface area contributed by atoms with Crippen molar-refractivity contribution in [2.24, 2.45) is 4.99 Å². The minimum Gasteiger partial charge on any atom is -0.506 e. The van der Waals surface area contributed by atoms with Crippen molar-refractivity contribution in [2.45, 2.75) is 19.8 Å². The van der Waals surface area contributed by atoms with Crippen LogP contribution in [-0.2, 0) is 6.42 Å². The Bertz CT molecular complexity index is 1340. The van der Waals surface area contributed by atoms with Crippen LogP contribution in [0.15, 0.2) is 75.8 Å². The Labute approximate surface area is 214 Å². The number of pyridine rings is 1. The van der Waals surface area contributed by atoms with E-state index >= 15 is 0 Å². The SMILES string of the molecule is CC(=NCC(=O)c1ccc(C(=O)CCc2ccncc2)s1)c1csc(-c2ccc(Br)cc2)c1O. The van der Waals surface area contributed by atoms with Gasteiger partial charge in [-0.1, -0.05) is 28.1 Å². The third kappa shape index (κ3) is 5.75. The van der Waals surface area contributed by atoms with E-state index in [0.717, 1.165) is 20.5 Å². The fraction of sp³-hybridized carbons (Fsp3) is 0.154. The number of hydrogen-bond donors (Lipinski definition) is 1. The molecule has 0 spiro atoms. The summed E-state index contributed by atoms with van der Waals surface area (Å²) in [4.78, 5) is 35.4.